The van der Waals surface area contributed by atoms with Crippen molar-refractivity contribution in [1.29, 1.82) is 0 Å². The summed E-state index contributed by atoms with van der Waals surface area (Å²) < 4.78 is 9.72. The minimum Gasteiger partial charge on any atom is -0.447 e. The summed E-state index contributed by atoms with van der Waals surface area (Å²) in [5.41, 5.74) is 13.7. The third kappa shape index (κ3) is 9.01. The van der Waals surface area contributed by atoms with Gasteiger partial charge >= 0.3 is 12.2 Å². The molecule has 0 radical (unpaired) electrons. The molecule has 2 atom stereocenters. The van der Waals surface area contributed by atoms with Crippen LogP contribution in [0.1, 0.15) is 11.1 Å². The molecule has 8 N–H and O–H groups in total. The maximum absolute atomic E-state index is 11.7. The lowest BCUT2D eigenvalue weighted by Gasteiger charge is -2.11. The van der Waals surface area contributed by atoms with Gasteiger partial charge in [-0.15, -0.1) is 0 Å². The molecule has 10 nitrogen and oxygen atoms in total. The van der Waals surface area contributed by atoms with Crippen molar-refractivity contribution in [1.82, 2.24) is 0 Å². The van der Waals surface area contributed by atoms with Crippen LogP contribution in [0.4, 0.5) is 21.0 Å². The van der Waals surface area contributed by atoms with Gasteiger partial charge in [0.1, 0.15) is 25.4 Å². The summed E-state index contributed by atoms with van der Waals surface area (Å²) in [5, 5.41) is 23.7. The summed E-state index contributed by atoms with van der Waals surface area (Å²) in [6.45, 7) is -0.304. The largest absolute Gasteiger partial charge is 0.447 e. The predicted octanol–water partition coefficient (Wildman–Crippen LogP) is 1.01. The molecule has 2 aromatic carbocycles. The highest BCUT2D eigenvalue weighted by molar-refractivity contribution is 5.85. The minimum absolute atomic E-state index is 0.0159. The molecular weight excluding hydrogens is 404 g/mol. The first-order valence-corrected chi connectivity index (χ1v) is 9.71. The Hall–Kier alpha value is -3.18. The van der Waals surface area contributed by atoms with E-state index >= 15 is 0 Å². The first-order chi connectivity index (χ1) is 14.9. The van der Waals surface area contributed by atoms with Crippen LogP contribution in [-0.4, -0.2) is 60.9 Å². The fourth-order valence-electron chi connectivity index (χ4n) is 2.44. The van der Waals surface area contributed by atoms with Gasteiger partial charge in [-0.2, -0.15) is 0 Å². The quantitative estimate of drug-likeness (QED) is 0.323. The van der Waals surface area contributed by atoms with Crippen molar-refractivity contribution in [3.05, 3.63) is 59.7 Å². The molecule has 2 rings (SSSR count). The Bertz CT molecular complexity index is 759. The van der Waals surface area contributed by atoms with Crippen LogP contribution < -0.4 is 22.1 Å². The number of aliphatic hydroxyl groups excluding tert-OH is 2. The van der Waals surface area contributed by atoms with Gasteiger partial charge in [-0.05, 0) is 41.8 Å². The van der Waals surface area contributed by atoms with Gasteiger partial charge in [-0.25, -0.2) is 9.59 Å². The van der Waals surface area contributed by atoms with E-state index in [1.54, 1.807) is 24.3 Å². The summed E-state index contributed by atoms with van der Waals surface area (Å²) in [7, 11) is 0. The van der Waals surface area contributed by atoms with Crippen molar-refractivity contribution in [2.45, 2.75) is 18.6 Å². The van der Waals surface area contributed by atoms with Crippen LogP contribution in [0.15, 0.2) is 48.5 Å². The first kappa shape index (κ1) is 24.1. The highest BCUT2D eigenvalue weighted by Gasteiger charge is 2.09. The zero-order valence-corrected chi connectivity index (χ0v) is 17.0. The minimum atomic E-state index is -0.885. The van der Waals surface area contributed by atoms with Crippen molar-refractivity contribution in [2.24, 2.45) is 11.5 Å². The lowest BCUT2D eigenvalue weighted by Crippen LogP contribution is -2.28. The number of amides is 2. The topological polar surface area (TPSA) is 169 Å². The van der Waals surface area contributed by atoms with Crippen molar-refractivity contribution in [2.75, 3.05) is 36.9 Å². The van der Waals surface area contributed by atoms with E-state index in [-0.39, 0.29) is 26.3 Å². The Labute approximate surface area is 180 Å². The van der Waals surface area contributed by atoms with E-state index in [9.17, 15) is 19.8 Å². The monoisotopic (exact) mass is 432 g/mol. The van der Waals surface area contributed by atoms with Gasteiger partial charge in [0.05, 0.1) is 0 Å². The Kier molecular flexibility index (Phi) is 9.72. The average molecular weight is 432 g/mol. The molecule has 2 unspecified atom stereocenters. The first-order valence-electron chi connectivity index (χ1n) is 9.71. The summed E-state index contributed by atoms with van der Waals surface area (Å²) in [5.74, 6) is 0. The van der Waals surface area contributed by atoms with E-state index in [0.717, 1.165) is 11.1 Å². The molecule has 0 heterocycles. The van der Waals surface area contributed by atoms with E-state index in [2.05, 4.69) is 10.6 Å². The van der Waals surface area contributed by atoms with E-state index in [4.69, 9.17) is 20.9 Å². The predicted molar refractivity (Wildman–Crippen MR) is 116 cm³/mol. The number of carbonyl (C=O) groups excluding carboxylic acids is 2. The van der Waals surface area contributed by atoms with E-state index in [1.165, 1.54) is 0 Å². The fraction of sp³-hybridized carbons (Fsp3) is 0.333. The van der Waals surface area contributed by atoms with Crippen LogP contribution in [0.2, 0.25) is 0 Å². The van der Waals surface area contributed by atoms with Crippen LogP contribution in [0.25, 0.3) is 0 Å². The molecule has 0 aliphatic heterocycles. The van der Waals surface area contributed by atoms with Gasteiger partial charge in [-0.3, -0.25) is 10.6 Å². The van der Waals surface area contributed by atoms with Gasteiger partial charge in [0.15, 0.2) is 0 Å². The number of ether oxygens (including phenoxy) is 2. The number of hydrogen-bond donors (Lipinski definition) is 6. The number of hydrogen-bond acceptors (Lipinski definition) is 8. The standard InChI is InChI=1S/C21H28N4O6/c22-10-18(26)12-30-20(28)24-16-5-1-14(2-6-16)9-15-3-7-17(8-4-15)25-21(29)31-13-19(27)11-23/h1-8,18-19,26-27H,9-13,22-23H2,(H,24,28)(H,25,29). The maximum atomic E-state index is 11.7. The molecule has 0 spiro atoms. The molecule has 0 fully saturated rings. The van der Waals surface area contributed by atoms with Crippen LogP contribution in [0.5, 0.6) is 0 Å². The van der Waals surface area contributed by atoms with E-state index < -0.39 is 24.4 Å². The van der Waals surface area contributed by atoms with Crippen molar-refractivity contribution >= 4 is 23.6 Å². The average Bonchev–Trinajstić information content (AvgIpc) is 2.78. The smallest absolute Gasteiger partial charge is 0.411 e. The van der Waals surface area contributed by atoms with Gasteiger partial charge < -0.3 is 31.2 Å². The van der Waals surface area contributed by atoms with Crippen molar-refractivity contribution in [3.63, 3.8) is 0 Å². The highest BCUT2D eigenvalue weighted by atomic mass is 16.6. The molecule has 2 aromatic rings. The lowest BCUT2D eigenvalue weighted by molar-refractivity contribution is 0.0801. The second kappa shape index (κ2) is 12.5. The van der Waals surface area contributed by atoms with Crippen LogP contribution in [0.3, 0.4) is 0 Å². The molecule has 0 bridgehead atoms. The number of rotatable bonds is 10. The molecular formula is C21H28N4O6. The number of carbonyl (C=O) groups is 2. The molecule has 0 aliphatic carbocycles. The second-order valence-corrected chi connectivity index (χ2v) is 6.80. The third-order valence-electron chi connectivity index (χ3n) is 4.17. The molecule has 0 saturated heterocycles. The number of anilines is 2. The van der Waals surface area contributed by atoms with E-state index in [1.807, 2.05) is 24.3 Å². The van der Waals surface area contributed by atoms with Gasteiger partial charge in [0, 0.05) is 24.5 Å². The fourth-order valence-corrected chi connectivity index (χ4v) is 2.44. The lowest BCUT2D eigenvalue weighted by atomic mass is 10.0. The van der Waals surface area contributed by atoms with Crippen LogP contribution >= 0.6 is 0 Å². The second-order valence-electron chi connectivity index (χ2n) is 6.80. The zero-order valence-electron chi connectivity index (χ0n) is 17.0. The zero-order chi connectivity index (χ0) is 22.6. The molecule has 31 heavy (non-hydrogen) atoms. The number of benzene rings is 2. The van der Waals surface area contributed by atoms with Crippen LogP contribution in [-0.2, 0) is 15.9 Å². The van der Waals surface area contributed by atoms with Gasteiger partial charge in [0.2, 0.25) is 0 Å². The molecule has 10 heteroatoms. The van der Waals surface area contributed by atoms with Crippen LogP contribution in [0, 0.1) is 0 Å². The summed E-state index contributed by atoms with van der Waals surface area (Å²) in [6, 6.07) is 14.5. The Balaban J connectivity index is 1.81. The summed E-state index contributed by atoms with van der Waals surface area (Å²) >= 11 is 0. The van der Waals surface area contributed by atoms with Crippen molar-refractivity contribution < 1.29 is 29.3 Å². The maximum Gasteiger partial charge on any atom is 0.411 e. The Morgan fingerprint density at radius 2 is 1.10 bits per heavy atom. The third-order valence-corrected chi connectivity index (χ3v) is 4.17. The summed E-state index contributed by atoms with van der Waals surface area (Å²) in [4.78, 5) is 23.3. The van der Waals surface area contributed by atoms with Crippen molar-refractivity contribution in [3.8, 4) is 0 Å². The van der Waals surface area contributed by atoms with E-state index in [0.29, 0.717) is 17.8 Å². The molecule has 0 saturated carbocycles. The highest BCUT2D eigenvalue weighted by Crippen LogP contribution is 2.16. The number of aliphatic hydroxyl groups is 2. The van der Waals surface area contributed by atoms with Gasteiger partial charge in [0.25, 0.3) is 0 Å². The molecule has 0 aliphatic rings. The molecule has 0 aromatic heterocycles. The Morgan fingerprint density at radius 3 is 1.42 bits per heavy atom. The Morgan fingerprint density at radius 1 is 0.742 bits per heavy atom. The summed E-state index contributed by atoms with van der Waals surface area (Å²) in [6.07, 6.45) is -2.45. The SMILES string of the molecule is NCC(O)COC(=O)Nc1ccc(Cc2ccc(NC(=O)OCC(O)CN)cc2)cc1. The normalized spacial score (nSPS) is 12.5. The molecule has 168 valence electrons. The molecule has 2 amide bonds. The number of nitrogens with two attached hydrogens (primary N) is 2. The van der Waals surface area contributed by atoms with Gasteiger partial charge in [-0.1, -0.05) is 24.3 Å². The number of nitrogens with one attached hydrogen (secondary N) is 2.